The number of hydrogen-bond acceptors (Lipinski definition) is 5. The van der Waals surface area contributed by atoms with Crippen LogP contribution in [0.2, 0.25) is 0 Å². The van der Waals surface area contributed by atoms with Crippen LogP contribution >= 0.6 is 12.4 Å². The molecule has 0 saturated heterocycles. The van der Waals surface area contributed by atoms with Crippen LogP contribution in [0.4, 0.5) is 0 Å². The summed E-state index contributed by atoms with van der Waals surface area (Å²) in [4.78, 5) is 19.5. The molecule has 0 atom stereocenters. The Hall–Kier alpha value is -1.89. The third kappa shape index (κ3) is 9.43. The Kier molecular flexibility index (Phi) is 14.9. The van der Waals surface area contributed by atoms with E-state index in [1.807, 2.05) is 24.3 Å². The monoisotopic (exact) mass is 425 g/mol. The van der Waals surface area contributed by atoms with Crippen LogP contribution in [0, 0.1) is 0 Å². The molecule has 0 aliphatic rings. The van der Waals surface area contributed by atoms with Gasteiger partial charge in [0.15, 0.2) is 0 Å². The van der Waals surface area contributed by atoms with Crippen molar-refractivity contribution < 1.29 is 14.3 Å². The number of nitrogens with one attached hydrogen (secondary N) is 1. The average Bonchev–Trinajstić information content (AvgIpc) is 2.71. The van der Waals surface area contributed by atoms with Crippen LogP contribution < -0.4 is 10.1 Å². The summed E-state index contributed by atoms with van der Waals surface area (Å²) >= 11 is 0. The van der Waals surface area contributed by atoms with E-state index in [1.165, 1.54) is 0 Å². The lowest BCUT2D eigenvalue weighted by atomic mass is 10.1. The second kappa shape index (κ2) is 16.0. The van der Waals surface area contributed by atoms with Crippen molar-refractivity contribution in [3.05, 3.63) is 35.9 Å². The molecule has 1 N–H and O–H groups in total. The minimum absolute atomic E-state index is 0. The maximum atomic E-state index is 12.7. The molecule has 164 valence electrons. The molecule has 0 fully saturated rings. The molecule has 0 radical (unpaired) electrons. The molecule has 2 rings (SSSR count). The van der Waals surface area contributed by atoms with E-state index >= 15 is 0 Å². The number of nitrogens with zero attached hydrogens (tertiary/aromatic N) is 2. The molecule has 1 aromatic carbocycles. The lowest BCUT2D eigenvalue weighted by Crippen LogP contribution is -2.34. The molecule has 7 heteroatoms. The molecule has 0 saturated carbocycles. The number of rotatable bonds is 10. The second-order valence-corrected chi connectivity index (χ2v) is 6.42. The van der Waals surface area contributed by atoms with Gasteiger partial charge in [-0.15, -0.1) is 12.4 Å². The van der Waals surface area contributed by atoms with Crippen LogP contribution in [0.1, 0.15) is 44.0 Å². The van der Waals surface area contributed by atoms with Gasteiger partial charge in [0.25, 0.3) is 5.91 Å². The van der Waals surface area contributed by atoms with Gasteiger partial charge in [0.1, 0.15) is 0 Å². The highest BCUT2D eigenvalue weighted by atomic mass is 35.5. The van der Waals surface area contributed by atoms with Crippen LogP contribution in [0.25, 0.3) is 10.9 Å². The molecule has 0 aliphatic carbocycles. The summed E-state index contributed by atoms with van der Waals surface area (Å²) in [6.45, 7) is 10.4. The number of benzene rings is 1. The van der Waals surface area contributed by atoms with E-state index in [-0.39, 0.29) is 18.3 Å². The number of hydrogen-bond donors (Lipinski definition) is 1. The minimum atomic E-state index is -0.0777. The first kappa shape index (κ1) is 27.1. The number of amides is 1. The van der Waals surface area contributed by atoms with E-state index < -0.39 is 0 Å². The van der Waals surface area contributed by atoms with Crippen molar-refractivity contribution in [2.45, 2.75) is 33.6 Å². The molecule has 1 aromatic heterocycles. The number of likely N-dealkylation sites (N-methyl/N-ethyl adjacent to an activating group) is 1. The zero-order valence-corrected chi connectivity index (χ0v) is 19.2. The highest BCUT2D eigenvalue weighted by molar-refractivity contribution is 6.06. The first-order valence-corrected chi connectivity index (χ1v) is 10.0. The molecule has 29 heavy (non-hydrogen) atoms. The van der Waals surface area contributed by atoms with Gasteiger partial charge in [-0.25, -0.2) is 4.98 Å². The summed E-state index contributed by atoms with van der Waals surface area (Å²) in [6, 6.07) is 9.44. The maximum absolute atomic E-state index is 12.7. The van der Waals surface area contributed by atoms with Gasteiger partial charge in [-0.1, -0.05) is 45.4 Å². The number of pyridine rings is 1. The molecule has 1 amide bonds. The summed E-state index contributed by atoms with van der Waals surface area (Å²) in [6.07, 6.45) is 2.03. The Morgan fingerprint density at radius 1 is 1.14 bits per heavy atom. The first-order chi connectivity index (χ1) is 13.6. The predicted molar refractivity (Wildman–Crippen MR) is 122 cm³/mol. The maximum Gasteiger partial charge on any atom is 0.252 e. The van der Waals surface area contributed by atoms with E-state index in [0.29, 0.717) is 24.6 Å². The predicted octanol–water partition coefficient (Wildman–Crippen LogP) is 4.17. The minimum Gasteiger partial charge on any atom is -0.478 e. The van der Waals surface area contributed by atoms with Gasteiger partial charge in [-0.05, 0) is 25.6 Å². The van der Waals surface area contributed by atoms with E-state index in [9.17, 15) is 4.79 Å². The Balaban J connectivity index is 0.00000184. The van der Waals surface area contributed by atoms with Gasteiger partial charge in [-0.3, -0.25) is 4.79 Å². The SMILES string of the molecule is CCCCOc1cc(C(=O)NCCN(CC)CC)c2ccccc2n1.COC.Cl. The summed E-state index contributed by atoms with van der Waals surface area (Å²) in [5.41, 5.74) is 1.40. The van der Waals surface area contributed by atoms with Crippen LogP contribution in [0.3, 0.4) is 0 Å². The van der Waals surface area contributed by atoms with Gasteiger partial charge in [0.2, 0.25) is 5.88 Å². The zero-order valence-electron chi connectivity index (χ0n) is 18.4. The van der Waals surface area contributed by atoms with Crippen molar-refractivity contribution in [2.24, 2.45) is 0 Å². The third-order valence-corrected chi connectivity index (χ3v) is 4.29. The number of carbonyl (C=O) groups is 1. The Labute approximate surface area is 181 Å². The fourth-order valence-electron chi connectivity index (χ4n) is 2.70. The lowest BCUT2D eigenvalue weighted by molar-refractivity contribution is 0.0950. The second-order valence-electron chi connectivity index (χ2n) is 6.42. The van der Waals surface area contributed by atoms with Crippen LogP contribution in [0.5, 0.6) is 5.88 Å². The van der Waals surface area contributed by atoms with Crippen molar-refractivity contribution in [1.82, 2.24) is 15.2 Å². The van der Waals surface area contributed by atoms with Crippen molar-refractivity contribution in [2.75, 3.05) is 47.0 Å². The molecule has 1 heterocycles. The molecular weight excluding hydrogens is 390 g/mol. The van der Waals surface area contributed by atoms with Crippen molar-refractivity contribution in [1.29, 1.82) is 0 Å². The van der Waals surface area contributed by atoms with E-state index in [0.717, 1.165) is 43.4 Å². The van der Waals surface area contributed by atoms with Crippen molar-refractivity contribution in [3.63, 3.8) is 0 Å². The Morgan fingerprint density at radius 3 is 2.41 bits per heavy atom. The molecule has 6 nitrogen and oxygen atoms in total. The number of unbranched alkanes of at least 4 members (excludes halogenated alkanes) is 1. The number of aromatic nitrogens is 1. The molecule has 0 unspecified atom stereocenters. The van der Waals surface area contributed by atoms with Gasteiger partial charge in [0.05, 0.1) is 17.7 Å². The van der Waals surface area contributed by atoms with E-state index in [1.54, 1.807) is 20.3 Å². The molecular formula is C22H36ClN3O3. The van der Waals surface area contributed by atoms with Crippen molar-refractivity contribution in [3.8, 4) is 5.88 Å². The van der Waals surface area contributed by atoms with Gasteiger partial charge >= 0.3 is 0 Å². The smallest absolute Gasteiger partial charge is 0.252 e. The zero-order chi connectivity index (χ0) is 20.8. The molecule has 0 aliphatic heterocycles. The highest BCUT2D eigenvalue weighted by Crippen LogP contribution is 2.22. The van der Waals surface area contributed by atoms with Gasteiger partial charge < -0.3 is 19.7 Å². The number of halogens is 1. The summed E-state index contributed by atoms with van der Waals surface area (Å²) in [5.74, 6) is 0.437. The number of fused-ring (bicyclic) bond motifs is 1. The van der Waals surface area contributed by atoms with Crippen LogP contribution in [-0.2, 0) is 4.74 Å². The Bertz CT molecular complexity index is 709. The van der Waals surface area contributed by atoms with Gasteiger partial charge in [-0.2, -0.15) is 0 Å². The summed E-state index contributed by atoms with van der Waals surface area (Å²) in [5, 5.41) is 3.87. The topological polar surface area (TPSA) is 63.7 Å². The van der Waals surface area contributed by atoms with E-state index in [2.05, 4.69) is 40.7 Å². The molecule has 0 bridgehead atoms. The standard InChI is InChI=1S/C20H29N3O2.C2H6O.ClH/c1-4-7-14-25-19-15-17(16-10-8-9-11-18(16)22-19)20(24)21-12-13-23(5-2)6-3;1-3-2;/h8-11,15H,4-7,12-14H2,1-3H3,(H,21,24);1-2H3;1H. The average molecular weight is 426 g/mol. The highest BCUT2D eigenvalue weighted by Gasteiger charge is 2.13. The number of para-hydroxylation sites is 1. The van der Waals surface area contributed by atoms with Crippen LogP contribution in [0.15, 0.2) is 30.3 Å². The largest absolute Gasteiger partial charge is 0.478 e. The van der Waals surface area contributed by atoms with Gasteiger partial charge in [0, 0.05) is 38.8 Å². The quantitative estimate of drug-likeness (QED) is 0.579. The number of ether oxygens (including phenoxy) is 2. The summed E-state index contributed by atoms with van der Waals surface area (Å²) < 4.78 is 9.97. The third-order valence-electron chi connectivity index (χ3n) is 4.29. The normalized spacial score (nSPS) is 10.1. The van der Waals surface area contributed by atoms with E-state index in [4.69, 9.17) is 4.74 Å². The van der Waals surface area contributed by atoms with Crippen LogP contribution in [-0.4, -0.2) is 62.8 Å². The molecule has 0 spiro atoms. The number of methoxy groups -OCH3 is 1. The van der Waals surface area contributed by atoms with Crippen molar-refractivity contribution >= 4 is 29.2 Å². The Morgan fingerprint density at radius 2 is 1.79 bits per heavy atom. The lowest BCUT2D eigenvalue weighted by Gasteiger charge is -2.18. The first-order valence-electron chi connectivity index (χ1n) is 10.0. The fraction of sp³-hybridized carbons (Fsp3) is 0.545. The molecule has 2 aromatic rings. The summed E-state index contributed by atoms with van der Waals surface area (Å²) in [7, 11) is 3.25. The fourth-order valence-corrected chi connectivity index (χ4v) is 2.70. The number of carbonyl (C=O) groups excluding carboxylic acids is 1.